The van der Waals surface area contributed by atoms with Crippen LogP contribution in [0.3, 0.4) is 0 Å². The van der Waals surface area contributed by atoms with E-state index >= 15 is 0 Å². The summed E-state index contributed by atoms with van der Waals surface area (Å²) in [5.74, 6) is 1.78. The lowest BCUT2D eigenvalue weighted by Gasteiger charge is -2.32. The predicted molar refractivity (Wildman–Crippen MR) is 122 cm³/mol. The first-order valence-corrected chi connectivity index (χ1v) is 11.6. The summed E-state index contributed by atoms with van der Waals surface area (Å²) in [7, 11) is 0. The highest BCUT2D eigenvalue weighted by molar-refractivity contribution is 5.93. The van der Waals surface area contributed by atoms with Gasteiger partial charge in [-0.05, 0) is 58.6 Å². The minimum absolute atomic E-state index is 0.00828. The molecule has 8 nitrogen and oxygen atoms in total. The molecular weight excluding hydrogens is 406 g/mol. The number of amides is 2. The third-order valence-corrected chi connectivity index (χ3v) is 6.02. The van der Waals surface area contributed by atoms with Gasteiger partial charge < -0.3 is 19.5 Å². The van der Waals surface area contributed by atoms with Crippen LogP contribution in [0.4, 0.5) is 10.5 Å². The highest BCUT2D eigenvalue weighted by atomic mass is 16.6. The van der Waals surface area contributed by atoms with E-state index in [-0.39, 0.29) is 17.9 Å². The SMILES string of the molecule is CC(C)(C)OC(=O)N1CCC(C(=O)Nc2cccc(-c3nnc4n3CCCCC4)c2)CC1. The molecular formula is C24H33N5O3. The number of carbonyl (C=O) groups is 2. The third kappa shape index (κ3) is 5.29. The van der Waals surface area contributed by atoms with Crippen LogP contribution in [0.25, 0.3) is 11.4 Å². The second kappa shape index (κ2) is 9.30. The molecule has 2 amide bonds. The van der Waals surface area contributed by atoms with Crippen molar-refractivity contribution in [2.24, 2.45) is 5.92 Å². The first kappa shape index (κ1) is 22.3. The van der Waals surface area contributed by atoms with Crippen molar-refractivity contribution in [1.29, 1.82) is 0 Å². The van der Waals surface area contributed by atoms with Crippen LogP contribution in [0, 0.1) is 5.92 Å². The Balaban J connectivity index is 1.37. The number of rotatable bonds is 3. The van der Waals surface area contributed by atoms with E-state index in [9.17, 15) is 9.59 Å². The second-order valence-electron chi connectivity index (χ2n) is 9.71. The molecule has 0 atom stereocenters. The highest BCUT2D eigenvalue weighted by Gasteiger charge is 2.30. The Morgan fingerprint density at radius 2 is 1.84 bits per heavy atom. The van der Waals surface area contributed by atoms with Crippen LogP contribution in [-0.2, 0) is 22.5 Å². The number of hydrogen-bond donors (Lipinski definition) is 1. The van der Waals surface area contributed by atoms with E-state index in [1.54, 1.807) is 4.90 Å². The Kier molecular flexibility index (Phi) is 6.48. The molecule has 2 aromatic rings. The average molecular weight is 440 g/mol. The van der Waals surface area contributed by atoms with Crippen LogP contribution in [-0.4, -0.2) is 50.4 Å². The summed E-state index contributed by atoms with van der Waals surface area (Å²) in [6.45, 7) is 7.56. The fourth-order valence-corrected chi connectivity index (χ4v) is 4.33. The Morgan fingerprint density at radius 1 is 1.06 bits per heavy atom. The lowest BCUT2D eigenvalue weighted by molar-refractivity contribution is -0.121. The number of fused-ring (bicyclic) bond motifs is 1. The number of nitrogens with zero attached hydrogens (tertiary/aromatic N) is 4. The van der Waals surface area contributed by atoms with Crippen molar-refractivity contribution in [1.82, 2.24) is 19.7 Å². The second-order valence-corrected chi connectivity index (χ2v) is 9.71. The fourth-order valence-electron chi connectivity index (χ4n) is 4.33. The molecule has 8 heteroatoms. The standard InChI is InChI=1S/C24H33N5O3/c1-24(2,3)32-23(31)28-14-11-17(12-15-28)22(30)25-19-9-7-8-18(16-19)21-27-26-20-10-5-4-6-13-29(20)21/h7-9,16-17H,4-6,10-15H2,1-3H3,(H,25,30). The van der Waals surface area contributed by atoms with E-state index in [1.807, 2.05) is 45.0 Å². The molecule has 0 bridgehead atoms. The summed E-state index contributed by atoms with van der Waals surface area (Å²) in [6.07, 6.45) is 5.41. The molecule has 4 rings (SSSR count). The number of carbonyl (C=O) groups excluding carboxylic acids is 2. The van der Waals surface area contributed by atoms with Crippen LogP contribution >= 0.6 is 0 Å². The van der Waals surface area contributed by atoms with Crippen molar-refractivity contribution in [2.45, 2.75) is 71.4 Å². The first-order valence-electron chi connectivity index (χ1n) is 11.6. The van der Waals surface area contributed by atoms with Crippen molar-refractivity contribution in [3.63, 3.8) is 0 Å². The van der Waals surface area contributed by atoms with Gasteiger partial charge in [-0.3, -0.25) is 4.79 Å². The molecule has 2 aliphatic heterocycles. The summed E-state index contributed by atoms with van der Waals surface area (Å²) in [4.78, 5) is 26.8. The van der Waals surface area contributed by atoms with Crippen LogP contribution < -0.4 is 5.32 Å². The zero-order valence-electron chi connectivity index (χ0n) is 19.3. The van der Waals surface area contributed by atoms with Crippen molar-refractivity contribution in [3.05, 3.63) is 30.1 Å². The molecule has 0 unspecified atom stereocenters. The molecule has 1 aromatic heterocycles. The summed E-state index contributed by atoms with van der Waals surface area (Å²) < 4.78 is 7.65. The molecule has 32 heavy (non-hydrogen) atoms. The van der Waals surface area contributed by atoms with E-state index in [2.05, 4.69) is 20.1 Å². The van der Waals surface area contributed by atoms with Crippen molar-refractivity contribution < 1.29 is 14.3 Å². The summed E-state index contributed by atoms with van der Waals surface area (Å²) in [5, 5.41) is 11.9. The van der Waals surface area contributed by atoms with Crippen molar-refractivity contribution >= 4 is 17.7 Å². The van der Waals surface area contributed by atoms with Gasteiger partial charge in [0.2, 0.25) is 5.91 Å². The smallest absolute Gasteiger partial charge is 0.410 e. The highest BCUT2D eigenvalue weighted by Crippen LogP contribution is 2.26. The number of nitrogens with one attached hydrogen (secondary N) is 1. The molecule has 0 saturated carbocycles. The molecule has 1 fully saturated rings. The van der Waals surface area contributed by atoms with E-state index in [0.717, 1.165) is 48.7 Å². The van der Waals surface area contributed by atoms with E-state index in [4.69, 9.17) is 4.74 Å². The van der Waals surface area contributed by atoms with E-state index in [1.165, 1.54) is 6.42 Å². The minimum atomic E-state index is -0.515. The predicted octanol–water partition coefficient (Wildman–Crippen LogP) is 4.26. The summed E-state index contributed by atoms with van der Waals surface area (Å²) in [6, 6.07) is 7.82. The van der Waals surface area contributed by atoms with Gasteiger partial charge in [0.15, 0.2) is 5.82 Å². The number of ether oxygens (including phenoxy) is 1. The average Bonchev–Trinajstić information content (AvgIpc) is 3.01. The number of aryl methyl sites for hydroxylation is 1. The van der Waals surface area contributed by atoms with Gasteiger partial charge in [0.1, 0.15) is 11.4 Å². The molecule has 0 spiro atoms. The molecule has 1 saturated heterocycles. The van der Waals surface area contributed by atoms with Gasteiger partial charge in [-0.15, -0.1) is 10.2 Å². The van der Waals surface area contributed by atoms with Gasteiger partial charge in [-0.2, -0.15) is 0 Å². The molecule has 2 aliphatic rings. The van der Waals surface area contributed by atoms with E-state index in [0.29, 0.717) is 25.9 Å². The largest absolute Gasteiger partial charge is 0.444 e. The maximum absolute atomic E-state index is 12.9. The normalized spacial score (nSPS) is 17.4. The number of hydrogen-bond acceptors (Lipinski definition) is 5. The van der Waals surface area contributed by atoms with Gasteiger partial charge in [0.25, 0.3) is 0 Å². The topological polar surface area (TPSA) is 89.3 Å². The molecule has 1 aromatic carbocycles. The number of anilines is 1. The fraction of sp³-hybridized carbons (Fsp3) is 0.583. The Morgan fingerprint density at radius 3 is 2.59 bits per heavy atom. The van der Waals surface area contributed by atoms with Crippen LogP contribution in [0.15, 0.2) is 24.3 Å². The summed E-state index contributed by atoms with van der Waals surface area (Å²) in [5.41, 5.74) is 1.20. The van der Waals surface area contributed by atoms with Gasteiger partial charge in [-0.1, -0.05) is 18.6 Å². The van der Waals surface area contributed by atoms with Crippen LogP contribution in [0.1, 0.15) is 58.7 Å². The Labute approximate surface area is 189 Å². The lowest BCUT2D eigenvalue weighted by atomic mass is 9.96. The number of piperidine rings is 1. The van der Waals surface area contributed by atoms with Gasteiger partial charge >= 0.3 is 6.09 Å². The van der Waals surface area contributed by atoms with Crippen LogP contribution in [0.2, 0.25) is 0 Å². The zero-order chi connectivity index (χ0) is 22.7. The number of aromatic nitrogens is 3. The van der Waals surface area contributed by atoms with Gasteiger partial charge in [-0.25, -0.2) is 4.79 Å². The molecule has 3 heterocycles. The zero-order valence-corrected chi connectivity index (χ0v) is 19.3. The Hall–Kier alpha value is -2.90. The third-order valence-electron chi connectivity index (χ3n) is 6.02. The lowest BCUT2D eigenvalue weighted by Crippen LogP contribution is -2.43. The number of likely N-dealkylation sites (tertiary alicyclic amines) is 1. The van der Waals surface area contributed by atoms with E-state index < -0.39 is 5.60 Å². The maximum Gasteiger partial charge on any atom is 0.410 e. The maximum atomic E-state index is 12.9. The number of benzene rings is 1. The Bertz CT molecular complexity index is 970. The minimum Gasteiger partial charge on any atom is -0.444 e. The van der Waals surface area contributed by atoms with Crippen molar-refractivity contribution in [2.75, 3.05) is 18.4 Å². The molecule has 0 radical (unpaired) electrons. The quantitative estimate of drug-likeness (QED) is 0.772. The first-order chi connectivity index (χ1) is 15.3. The van der Waals surface area contributed by atoms with Crippen LogP contribution in [0.5, 0.6) is 0 Å². The molecule has 1 N–H and O–H groups in total. The van der Waals surface area contributed by atoms with Crippen molar-refractivity contribution in [3.8, 4) is 11.4 Å². The summed E-state index contributed by atoms with van der Waals surface area (Å²) >= 11 is 0. The molecule has 172 valence electrons. The molecule has 0 aliphatic carbocycles. The monoisotopic (exact) mass is 439 g/mol. The van der Waals surface area contributed by atoms with Gasteiger partial charge in [0.05, 0.1) is 0 Å². The van der Waals surface area contributed by atoms with Gasteiger partial charge in [0, 0.05) is 43.2 Å².